The topological polar surface area (TPSA) is 85.8 Å². The van der Waals surface area contributed by atoms with Crippen molar-refractivity contribution in [1.29, 1.82) is 0 Å². The molecule has 0 aliphatic heterocycles. The molecule has 3 aromatic rings. The van der Waals surface area contributed by atoms with Gasteiger partial charge in [-0.05, 0) is 24.6 Å². The molecule has 0 saturated heterocycles. The molecule has 7 nitrogen and oxygen atoms in total. The summed E-state index contributed by atoms with van der Waals surface area (Å²) in [7, 11) is 0. The second kappa shape index (κ2) is 6.87. The zero-order valence-corrected chi connectivity index (χ0v) is 12.8. The third-order valence-corrected chi connectivity index (χ3v) is 3.36. The molecule has 0 fully saturated rings. The molecule has 0 radical (unpaired) electrons. The van der Waals surface area contributed by atoms with Crippen molar-refractivity contribution >= 4 is 5.91 Å². The van der Waals surface area contributed by atoms with E-state index in [1.165, 1.54) is 0 Å². The molecule has 0 saturated carbocycles. The van der Waals surface area contributed by atoms with Gasteiger partial charge in [0, 0.05) is 17.3 Å². The van der Waals surface area contributed by atoms with Crippen LogP contribution in [0.4, 0.5) is 0 Å². The van der Waals surface area contributed by atoms with Crippen LogP contribution in [0.3, 0.4) is 0 Å². The lowest BCUT2D eigenvalue weighted by Crippen LogP contribution is -2.22. The van der Waals surface area contributed by atoms with Gasteiger partial charge in [0.2, 0.25) is 0 Å². The number of carbonyl (C=O) groups excluding carboxylic acids is 1. The highest BCUT2D eigenvalue weighted by Gasteiger charge is 2.09. The Kier molecular flexibility index (Phi) is 4.46. The summed E-state index contributed by atoms with van der Waals surface area (Å²) in [5.74, 6) is 0.477. The number of aromatic nitrogens is 4. The minimum Gasteiger partial charge on any atom is -0.359 e. The molecule has 1 amide bonds. The van der Waals surface area contributed by atoms with E-state index < -0.39 is 0 Å². The quantitative estimate of drug-likeness (QED) is 0.753. The van der Waals surface area contributed by atoms with Crippen molar-refractivity contribution in [3.05, 3.63) is 60.0 Å². The van der Waals surface area contributed by atoms with E-state index in [4.69, 9.17) is 4.52 Å². The zero-order chi connectivity index (χ0) is 16.1. The molecule has 1 aromatic carbocycles. The molecular weight excluding hydrogens is 294 g/mol. The van der Waals surface area contributed by atoms with Gasteiger partial charge in [0.1, 0.15) is 12.7 Å². The Labute approximate surface area is 133 Å². The Hall–Kier alpha value is -2.96. The molecule has 118 valence electrons. The van der Waals surface area contributed by atoms with Crippen LogP contribution >= 0.6 is 0 Å². The van der Waals surface area contributed by atoms with Crippen LogP contribution < -0.4 is 5.32 Å². The predicted octanol–water partition coefficient (Wildman–Crippen LogP) is 2.14. The molecule has 0 spiro atoms. The maximum atomic E-state index is 12.3. The molecule has 0 unspecified atom stereocenters. The monoisotopic (exact) mass is 311 g/mol. The molecule has 1 N–H and O–H groups in total. The molecule has 0 atom stereocenters. The Morgan fingerprint density at radius 1 is 1.26 bits per heavy atom. The highest BCUT2D eigenvalue weighted by Crippen LogP contribution is 2.10. The van der Waals surface area contributed by atoms with Crippen molar-refractivity contribution in [1.82, 2.24) is 25.2 Å². The summed E-state index contributed by atoms with van der Waals surface area (Å²) in [6.45, 7) is 2.39. The van der Waals surface area contributed by atoms with Gasteiger partial charge in [-0.25, -0.2) is 0 Å². The summed E-state index contributed by atoms with van der Waals surface area (Å²) < 4.78 is 6.94. The molecular formula is C16H17N5O2. The van der Waals surface area contributed by atoms with Crippen molar-refractivity contribution in [2.75, 3.05) is 0 Å². The van der Waals surface area contributed by atoms with Crippen LogP contribution in [-0.4, -0.2) is 25.8 Å². The van der Waals surface area contributed by atoms with E-state index in [0.29, 0.717) is 17.9 Å². The average molecular weight is 311 g/mol. The fraction of sp³-hybridized carbons (Fsp3) is 0.250. The molecule has 2 aromatic heterocycles. The smallest absolute Gasteiger partial charge is 0.251 e. The van der Waals surface area contributed by atoms with Crippen molar-refractivity contribution in [3.8, 4) is 5.69 Å². The number of hydrogen-bond donors (Lipinski definition) is 1. The molecule has 0 aliphatic rings. The number of nitrogens with zero attached hydrogens (tertiary/aromatic N) is 4. The molecule has 0 bridgehead atoms. The van der Waals surface area contributed by atoms with Crippen LogP contribution in [0.25, 0.3) is 5.69 Å². The fourth-order valence-corrected chi connectivity index (χ4v) is 2.22. The number of nitrogens with one attached hydrogen (secondary N) is 1. The lowest BCUT2D eigenvalue weighted by molar-refractivity contribution is 0.0947. The number of amides is 1. The summed E-state index contributed by atoms with van der Waals surface area (Å²) in [6, 6.07) is 9.11. The standard InChI is InChI=1S/C16H17N5O2/c1-2-4-13-8-15(23-20-13)9-17-16(22)12-5-3-6-14(7-12)21-10-18-19-11-21/h3,5-8,10-11H,2,4,9H2,1H3,(H,17,22). The van der Waals surface area contributed by atoms with Crippen LogP contribution in [-0.2, 0) is 13.0 Å². The first-order valence-electron chi connectivity index (χ1n) is 7.44. The zero-order valence-electron chi connectivity index (χ0n) is 12.8. The summed E-state index contributed by atoms with van der Waals surface area (Å²) in [5, 5.41) is 14.3. The van der Waals surface area contributed by atoms with E-state index in [1.807, 2.05) is 18.2 Å². The van der Waals surface area contributed by atoms with Gasteiger partial charge in [0.15, 0.2) is 5.76 Å². The van der Waals surface area contributed by atoms with Gasteiger partial charge in [-0.1, -0.05) is 24.6 Å². The van der Waals surface area contributed by atoms with Crippen molar-refractivity contribution in [3.63, 3.8) is 0 Å². The van der Waals surface area contributed by atoms with Crippen LogP contribution in [0.1, 0.15) is 35.2 Å². The summed E-state index contributed by atoms with van der Waals surface area (Å²) in [5.41, 5.74) is 2.29. The average Bonchev–Trinajstić information content (AvgIpc) is 3.25. The van der Waals surface area contributed by atoms with E-state index >= 15 is 0 Å². The molecule has 23 heavy (non-hydrogen) atoms. The molecule has 0 aliphatic carbocycles. The van der Waals surface area contributed by atoms with Gasteiger partial charge < -0.3 is 9.84 Å². The van der Waals surface area contributed by atoms with Gasteiger partial charge in [0.25, 0.3) is 5.91 Å². The summed E-state index contributed by atoms with van der Waals surface area (Å²) >= 11 is 0. The lowest BCUT2D eigenvalue weighted by Gasteiger charge is -2.06. The lowest BCUT2D eigenvalue weighted by atomic mass is 10.2. The van der Waals surface area contributed by atoms with Gasteiger partial charge in [0.05, 0.1) is 12.2 Å². The largest absolute Gasteiger partial charge is 0.359 e. The first-order valence-corrected chi connectivity index (χ1v) is 7.44. The third-order valence-electron chi connectivity index (χ3n) is 3.36. The number of hydrogen-bond acceptors (Lipinski definition) is 5. The predicted molar refractivity (Wildman–Crippen MR) is 83.0 cm³/mol. The van der Waals surface area contributed by atoms with Crippen LogP contribution in [0, 0.1) is 0 Å². The Bertz CT molecular complexity index is 779. The van der Waals surface area contributed by atoms with Gasteiger partial charge in [-0.15, -0.1) is 10.2 Å². The van der Waals surface area contributed by atoms with E-state index in [0.717, 1.165) is 24.2 Å². The Balaban J connectivity index is 1.65. The van der Waals surface area contributed by atoms with Crippen molar-refractivity contribution in [2.45, 2.75) is 26.3 Å². The maximum absolute atomic E-state index is 12.3. The highest BCUT2D eigenvalue weighted by atomic mass is 16.5. The fourth-order valence-electron chi connectivity index (χ4n) is 2.22. The normalized spacial score (nSPS) is 10.7. The van der Waals surface area contributed by atoms with Gasteiger partial charge in [-0.2, -0.15) is 0 Å². The van der Waals surface area contributed by atoms with E-state index in [9.17, 15) is 4.79 Å². The first-order chi connectivity index (χ1) is 11.3. The number of carbonyl (C=O) groups is 1. The van der Waals surface area contributed by atoms with Crippen LogP contribution in [0.2, 0.25) is 0 Å². The van der Waals surface area contributed by atoms with E-state index in [-0.39, 0.29) is 5.91 Å². The van der Waals surface area contributed by atoms with Crippen LogP contribution in [0.5, 0.6) is 0 Å². The van der Waals surface area contributed by atoms with Crippen molar-refractivity contribution in [2.24, 2.45) is 0 Å². The summed E-state index contributed by atoms with van der Waals surface area (Å²) in [6.07, 6.45) is 5.05. The Morgan fingerprint density at radius 3 is 2.87 bits per heavy atom. The van der Waals surface area contributed by atoms with E-state index in [2.05, 4.69) is 27.6 Å². The maximum Gasteiger partial charge on any atom is 0.251 e. The SMILES string of the molecule is CCCc1cc(CNC(=O)c2cccc(-n3cnnc3)c2)on1. The highest BCUT2D eigenvalue weighted by molar-refractivity contribution is 5.94. The number of rotatable bonds is 6. The van der Waals surface area contributed by atoms with Gasteiger partial charge >= 0.3 is 0 Å². The molecule has 2 heterocycles. The molecule has 3 rings (SSSR count). The van der Waals surface area contributed by atoms with Crippen molar-refractivity contribution < 1.29 is 9.32 Å². The van der Waals surface area contributed by atoms with E-state index in [1.54, 1.807) is 29.4 Å². The number of benzene rings is 1. The minimum absolute atomic E-state index is 0.173. The Morgan fingerprint density at radius 2 is 2.09 bits per heavy atom. The second-order valence-corrected chi connectivity index (χ2v) is 5.14. The molecule has 7 heteroatoms. The first kappa shape index (κ1) is 15.0. The minimum atomic E-state index is -0.173. The van der Waals surface area contributed by atoms with Crippen LogP contribution in [0.15, 0.2) is 47.5 Å². The third kappa shape index (κ3) is 3.63. The van der Waals surface area contributed by atoms with Gasteiger partial charge in [-0.3, -0.25) is 9.36 Å². The summed E-state index contributed by atoms with van der Waals surface area (Å²) in [4.78, 5) is 12.3. The number of aryl methyl sites for hydroxylation is 1. The second-order valence-electron chi connectivity index (χ2n) is 5.14.